The third-order valence-electron chi connectivity index (χ3n) is 3.86. The molecule has 3 nitrogen and oxygen atoms in total. The fourth-order valence-corrected chi connectivity index (χ4v) is 2.66. The molecule has 1 aliphatic rings. The molecule has 0 aromatic heterocycles. The van der Waals surface area contributed by atoms with Crippen LogP contribution in [0.3, 0.4) is 0 Å². The number of aliphatic imine (C=N–C) groups is 1. The number of para-hydroxylation sites is 1. The SMILES string of the molecule is O=C1Nc2ccccc2C1=Nc1cccc(C#Cc2ccccc2)c1. The Kier molecular flexibility index (Phi) is 3.86. The van der Waals surface area contributed by atoms with Crippen molar-refractivity contribution in [1.82, 2.24) is 0 Å². The Balaban J connectivity index is 1.67. The van der Waals surface area contributed by atoms with Gasteiger partial charge < -0.3 is 5.32 Å². The van der Waals surface area contributed by atoms with Crippen LogP contribution >= 0.6 is 0 Å². The summed E-state index contributed by atoms with van der Waals surface area (Å²) in [6, 6.07) is 25.0. The number of rotatable bonds is 1. The Morgan fingerprint density at radius 3 is 2.36 bits per heavy atom. The van der Waals surface area contributed by atoms with E-state index in [2.05, 4.69) is 22.2 Å². The van der Waals surface area contributed by atoms with Gasteiger partial charge in [-0.15, -0.1) is 0 Å². The average Bonchev–Trinajstić information content (AvgIpc) is 2.97. The Morgan fingerprint density at radius 2 is 1.48 bits per heavy atom. The number of benzene rings is 3. The topological polar surface area (TPSA) is 41.5 Å². The number of anilines is 1. The highest BCUT2D eigenvalue weighted by atomic mass is 16.2. The van der Waals surface area contributed by atoms with E-state index in [1.54, 1.807) is 0 Å². The highest BCUT2D eigenvalue weighted by Gasteiger charge is 2.25. The quantitative estimate of drug-likeness (QED) is 0.672. The van der Waals surface area contributed by atoms with Gasteiger partial charge in [-0.25, -0.2) is 4.99 Å². The van der Waals surface area contributed by atoms with Gasteiger partial charge in [0.05, 0.1) is 11.4 Å². The zero-order chi connectivity index (χ0) is 17.1. The first-order chi connectivity index (χ1) is 12.3. The fraction of sp³-hybridized carbons (Fsp3) is 0. The summed E-state index contributed by atoms with van der Waals surface area (Å²) in [7, 11) is 0. The van der Waals surface area contributed by atoms with Crippen LogP contribution in [0, 0.1) is 11.8 Å². The van der Waals surface area contributed by atoms with Crippen LogP contribution in [-0.2, 0) is 4.79 Å². The van der Waals surface area contributed by atoms with Crippen molar-refractivity contribution < 1.29 is 4.79 Å². The second kappa shape index (κ2) is 6.46. The summed E-state index contributed by atoms with van der Waals surface area (Å²) in [6.45, 7) is 0. The largest absolute Gasteiger partial charge is 0.320 e. The number of hydrogen-bond acceptors (Lipinski definition) is 2. The molecule has 118 valence electrons. The van der Waals surface area contributed by atoms with Crippen molar-refractivity contribution in [3.63, 3.8) is 0 Å². The standard InChI is InChI=1S/C22H14N2O/c25-22-21(19-11-4-5-12-20(19)24-22)23-18-10-6-9-17(15-18)14-13-16-7-2-1-3-8-16/h1-12,15H,(H,23,24,25). The lowest BCUT2D eigenvalue weighted by molar-refractivity contribution is -0.110. The van der Waals surface area contributed by atoms with Crippen molar-refractivity contribution >= 4 is 23.0 Å². The number of carbonyl (C=O) groups is 1. The van der Waals surface area contributed by atoms with Crippen LogP contribution in [0.15, 0.2) is 83.9 Å². The van der Waals surface area contributed by atoms with Gasteiger partial charge in [-0.2, -0.15) is 0 Å². The van der Waals surface area contributed by atoms with Crippen molar-refractivity contribution in [1.29, 1.82) is 0 Å². The molecule has 3 aromatic carbocycles. The molecule has 0 radical (unpaired) electrons. The third-order valence-corrected chi connectivity index (χ3v) is 3.86. The summed E-state index contributed by atoms with van der Waals surface area (Å²) in [6.07, 6.45) is 0. The number of amides is 1. The number of fused-ring (bicyclic) bond motifs is 1. The minimum atomic E-state index is -0.179. The first-order valence-electron chi connectivity index (χ1n) is 7.96. The van der Waals surface area contributed by atoms with Gasteiger partial charge in [0.25, 0.3) is 5.91 Å². The van der Waals surface area contributed by atoms with E-state index in [9.17, 15) is 4.79 Å². The average molecular weight is 322 g/mol. The molecule has 1 heterocycles. The second-order valence-corrected chi connectivity index (χ2v) is 5.63. The summed E-state index contributed by atoms with van der Waals surface area (Å²) in [5, 5.41) is 2.83. The minimum absolute atomic E-state index is 0.179. The highest BCUT2D eigenvalue weighted by molar-refractivity contribution is 6.54. The molecule has 0 saturated heterocycles. The molecule has 0 unspecified atom stereocenters. The van der Waals surface area contributed by atoms with Crippen LogP contribution in [0.5, 0.6) is 0 Å². The molecule has 1 N–H and O–H groups in total. The zero-order valence-corrected chi connectivity index (χ0v) is 13.4. The Morgan fingerprint density at radius 1 is 0.760 bits per heavy atom. The molecule has 1 amide bonds. The van der Waals surface area contributed by atoms with Crippen LogP contribution in [0.1, 0.15) is 16.7 Å². The van der Waals surface area contributed by atoms with E-state index in [1.165, 1.54) is 0 Å². The molecule has 4 rings (SSSR count). The van der Waals surface area contributed by atoms with Crippen molar-refractivity contribution in [2.45, 2.75) is 0 Å². The Hall–Kier alpha value is -3.64. The van der Waals surface area contributed by atoms with E-state index in [1.807, 2.05) is 78.9 Å². The van der Waals surface area contributed by atoms with E-state index in [0.29, 0.717) is 11.4 Å². The maximum atomic E-state index is 12.2. The minimum Gasteiger partial charge on any atom is -0.320 e. The second-order valence-electron chi connectivity index (χ2n) is 5.63. The van der Waals surface area contributed by atoms with Crippen molar-refractivity contribution in [3.05, 3.63) is 95.6 Å². The maximum absolute atomic E-state index is 12.2. The number of carbonyl (C=O) groups excluding carboxylic acids is 1. The lowest BCUT2D eigenvalue weighted by Crippen LogP contribution is -2.13. The third kappa shape index (κ3) is 3.19. The number of nitrogens with one attached hydrogen (secondary N) is 1. The fourth-order valence-electron chi connectivity index (χ4n) is 2.66. The van der Waals surface area contributed by atoms with E-state index in [0.717, 1.165) is 22.4 Å². The van der Waals surface area contributed by atoms with E-state index in [-0.39, 0.29) is 5.91 Å². The summed E-state index contributed by atoms with van der Waals surface area (Å²) in [5.41, 5.74) is 4.59. The van der Waals surface area contributed by atoms with Crippen molar-refractivity contribution in [2.24, 2.45) is 4.99 Å². The Bertz CT molecular complexity index is 1040. The van der Waals surface area contributed by atoms with Gasteiger partial charge in [0, 0.05) is 16.7 Å². The molecule has 0 spiro atoms. The predicted molar refractivity (Wildman–Crippen MR) is 100 cm³/mol. The smallest absolute Gasteiger partial charge is 0.275 e. The molecular weight excluding hydrogens is 308 g/mol. The molecular formula is C22H14N2O. The lowest BCUT2D eigenvalue weighted by Gasteiger charge is -1.99. The molecule has 0 atom stereocenters. The molecule has 1 aliphatic heterocycles. The van der Waals surface area contributed by atoms with Gasteiger partial charge in [0.1, 0.15) is 5.71 Å². The highest BCUT2D eigenvalue weighted by Crippen LogP contribution is 2.25. The van der Waals surface area contributed by atoms with E-state index >= 15 is 0 Å². The molecule has 3 aromatic rings. The normalized spacial score (nSPS) is 13.8. The van der Waals surface area contributed by atoms with Gasteiger partial charge >= 0.3 is 0 Å². The monoisotopic (exact) mass is 322 g/mol. The molecule has 0 saturated carbocycles. The van der Waals surface area contributed by atoms with Gasteiger partial charge in [-0.1, -0.05) is 54.3 Å². The van der Waals surface area contributed by atoms with Gasteiger partial charge in [-0.3, -0.25) is 4.79 Å². The lowest BCUT2D eigenvalue weighted by atomic mass is 10.1. The van der Waals surface area contributed by atoms with Crippen molar-refractivity contribution in [3.8, 4) is 11.8 Å². The zero-order valence-electron chi connectivity index (χ0n) is 13.4. The van der Waals surface area contributed by atoms with E-state index in [4.69, 9.17) is 0 Å². The van der Waals surface area contributed by atoms with Crippen LogP contribution in [0.4, 0.5) is 11.4 Å². The van der Waals surface area contributed by atoms with E-state index < -0.39 is 0 Å². The molecule has 0 fully saturated rings. The molecule has 0 aliphatic carbocycles. The maximum Gasteiger partial charge on any atom is 0.275 e. The first kappa shape index (κ1) is 14.9. The summed E-state index contributed by atoms with van der Waals surface area (Å²) >= 11 is 0. The van der Waals surface area contributed by atoms with Gasteiger partial charge in [0.15, 0.2) is 0 Å². The number of nitrogens with zero attached hydrogens (tertiary/aromatic N) is 1. The molecule has 25 heavy (non-hydrogen) atoms. The van der Waals surface area contributed by atoms with Crippen LogP contribution in [0.25, 0.3) is 0 Å². The van der Waals surface area contributed by atoms with Crippen LogP contribution in [0.2, 0.25) is 0 Å². The number of hydrogen-bond donors (Lipinski definition) is 1. The summed E-state index contributed by atoms with van der Waals surface area (Å²) < 4.78 is 0. The van der Waals surface area contributed by atoms with Gasteiger partial charge in [-0.05, 0) is 36.4 Å². The van der Waals surface area contributed by atoms with Crippen LogP contribution < -0.4 is 5.32 Å². The van der Waals surface area contributed by atoms with Crippen molar-refractivity contribution in [2.75, 3.05) is 5.32 Å². The summed E-state index contributed by atoms with van der Waals surface area (Å²) in [5.74, 6) is 6.09. The molecule has 0 bridgehead atoms. The molecule has 3 heteroatoms. The first-order valence-corrected chi connectivity index (χ1v) is 7.96. The van der Waals surface area contributed by atoms with Crippen LogP contribution in [-0.4, -0.2) is 11.6 Å². The predicted octanol–water partition coefficient (Wildman–Crippen LogP) is 4.16. The Labute approximate surface area is 146 Å². The summed E-state index contributed by atoms with van der Waals surface area (Å²) in [4.78, 5) is 16.7. The van der Waals surface area contributed by atoms with Gasteiger partial charge in [0.2, 0.25) is 0 Å².